The van der Waals surface area contributed by atoms with Crippen LogP contribution >= 0.6 is 15.9 Å². The molecular weight excluding hydrogens is 280 g/mol. The Morgan fingerprint density at radius 3 is 2.65 bits per heavy atom. The van der Waals surface area contributed by atoms with Gasteiger partial charge in [0.05, 0.1) is 5.69 Å². The van der Waals surface area contributed by atoms with E-state index in [1.807, 2.05) is 12.1 Å². The highest BCUT2D eigenvalue weighted by atomic mass is 79.9. The summed E-state index contributed by atoms with van der Waals surface area (Å²) in [4.78, 5) is 0. The number of halogens is 1. The van der Waals surface area contributed by atoms with Gasteiger partial charge in [0.2, 0.25) is 0 Å². The number of aromatic nitrogens is 2. The first-order valence-electron chi connectivity index (χ1n) is 6.18. The first-order chi connectivity index (χ1) is 8.24. The Hall–Kier alpha value is -0.520. The Labute approximate surface area is 111 Å². The van der Waals surface area contributed by atoms with Crippen LogP contribution in [0, 0.1) is 5.92 Å². The molecule has 0 bridgehead atoms. The molecule has 1 heterocycles. The van der Waals surface area contributed by atoms with Gasteiger partial charge in [-0.25, -0.2) is 0 Å². The molecule has 0 aliphatic heterocycles. The zero-order valence-corrected chi connectivity index (χ0v) is 11.5. The van der Waals surface area contributed by atoms with Gasteiger partial charge in [0.25, 0.3) is 0 Å². The second-order valence-corrected chi connectivity index (χ2v) is 5.57. The molecule has 94 valence electrons. The number of hydrogen-bond donors (Lipinski definition) is 2. The zero-order chi connectivity index (χ0) is 12.1. The van der Waals surface area contributed by atoms with Crippen LogP contribution in [-0.2, 0) is 6.54 Å². The monoisotopic (exact) mass is 298 g/mol. The molecule has 1 aromatic rings. The van der Waals surface area contributed by atoms with Crippen LogP contribution < -0.4 is 11.1 Å². The predicted octanol–water partition coefficient (Wildman–Crippen LogP) is 1.85. The lowest BCUT2D eigenvalue weighted by Gasteiger charge is -2.26. The minimum Gasteiger partial charge on any atom is -0.328 e. The van der Waals surface area contributed by atoms with E-state index in [0.29, 0.717) is 6.04 Å². The second-order valence-electron chi connectivity index (χ2n) is 4.76. The lowest BCUT2D eigenvalue weighted by Crippen LogP contribution is -2.31. The van der Waals surface area contributed by atoms with E-state index in [-0.39, 0.29) is 0 Å². The van der Waals surface area contributed by atoms with Crippen molar-refractivity contribution in [2.75, 3.05) is 6.54 Å². The average molecular weight is 299 g/mol. The molecule has 5 heteroatoms. The zero-order valence-electron chi connectivity index (χ0n) is 9.90. The Morgan fingerprint density at radius 2 is 2.00 bits per heavy atom. The number of nitrogens with two attached hydrogens (primary N) is 1. The van der Waals surface area contributed by atoms with Crippen molar-refractivity contribution in [2.45, 2.75) is 38.3 Å². The van der Waals surface area contributed by atoms with Crippen LogP contribution in [-0.4, -0.2) is 22.8 Å². The minimum absolute atomic E-state index is 0.434. The van der Waals surface area contributed by atoms with Gasteiger partial charge in [-0.05, 0) is 66.2 Å². The van der Waals surface area contributed by atoms with Gasteiger partial charge in [-0.15, -0.1) is 5.10 Å². The fraction of sp³-hybridized carbons (Fsp3) is 0.667. The lowest BCUT2D eigenvalue weighted by molar-refractivity contribution is 0.314. The summed E-state index contributed by atoms with van der Waals surface area (Å²) < 4.78 is 0.780. The van der Waals surface area contributed by atoms with Gasteiger partial charge in [-0.2, -0.15) is 5.10 Å². The van der Waals surface area contributed by atoms with Crippen molar-refractivity contribution >= 4 is 15.9 Å². The molecular formula is C12H19BrN4. The molecule has 0 radical (unpaired) electrons. The average Bonchev–Trinajstić information content (AvgIpc) is 2.34. The second kappa shape index (κ2) is 6.42. The first kappa shape index (κ1) is 12.9. The molecule has 0 amide bonds. The third kappa shape index (κ3) is 4.33. The van der Waals surface area contributed by atoms with E-state index in [0.717, 1.165) is 29.3 Å². The van der Waals surface area contributed by atoms with Crippen LogP contribution in [0.25, 0.3) is 0 Å². The number of nitrogens with zero attached hydrogens (tertiary/aromatic N) is 2. The van der Waals surface area contributed by atoms with Gasteiger partial charge >= 0.3 is 0 Å². The summed E-state index contributed by atoms with van der Waals surface area (Å²) in [6, 6.07) is 4.34. The third-order valence-electron chi connectivity index (χ3n) is 3.32. The predicted molar refractivity (Wildman–Crippen MR) is 71.4 cm³/mol. The van der Waals surface area contributed by atoms with E-state index in [1.54, 1.807) is 0 Å². The van der Waals surface area contributed by atoms with Crippen LogP contribution in [0.5, 0.6) is 0 Å². The van der Waals surface area contributed by atoms with Crippen molar-refractivity contribution in [3.8, 4) is 0 Å². The van der Waals surface area contributed by atoms with Crippen molar-refractivity contribution in [3.63, 3.8) is 0 Å². The summed E-state index contributed by atoms with van der Waals surface area (Å²) in [6.07, 6.45) is 4.84. The molecule has 2 rings (SSSR count). The Bertz CT molecular complexity index is 333. The van der Waals surface area contributed by atoms with E-state index in [1.165, 1.54) is 25.7 Å². The van der Waals surface area contributed by atoms with Crippen LogP contribution in [0.2, 0.25) is 0 Å². The summed E-state index contributed by atoms with van der Waals surface area (Å²) >= 11 is 3.28. The third-order valence-corrected chi connectivity index (χ3v) is 3.74. The molecule has 1 aromatic heterocycles. The largest absolute Gasteiger partial charge is 0.328 e. The molecule has 0 spiro atoms. The normalized spacial score (nSPS) is 24.8. The summed E-state index contributed by atoms with van der Waals surface area (Å²) in [7, 11) is 0. The summed E-state index contributed by atoms with van der Waals surface area (Å²) in [5, 5.41) is 11.5. The maximum absolute atomic E-state index is 5.89. The molecule has 0 saturated heterocycles. The fourth-order valence-electron chi connectivity index (χ4n) is 2.23. The van der Waals surface area contributed by atoms with E-state index in [4.69, 9.17) is 5.73 Å². The molecule has 17 heavy (non-hydrogen) atoms. The van der Waals surface area contributed by atoms with Crippen molar-refractivity contribution in [2.24, 2.45) is 11.7 Å². The van der Waals surface area contributed by atoms with Crippen LogP contribution in [0.15, 0.2) is 16.7 Å². The minimum atomic E-state index is 0.434. The van der Waals surface area contributed by atoms with E-state index < -0.39 is 0 Å². The van der Waals surface area contributed by atoms with Crippen molar-refractivity contribution in [1.29, 1.82) is 0 Å². The molecule has 0 atom stereocenters. The van der Waals surface area contributed by atoms with Gasteiger partial charge in [-0.3, -0.25) is 0 Å². The standard InChI is InChI=1S/C12H19BrN4/c13-12-6-5-11(16-17-12)8-15-7-9-1-3-10(14)4-2-9/h5-6,9-10,15H,1-4,7-8,14H2/t9-,10-. The number of rotatable bonds is 4. The van der Waals surface area contributed by atoms with Crippen LogP contribution in [0.1, 0.15) is 31.4 Å². The van der Waals surface area contributed by atoms with Gasteiger partial charge in [0, 0.05) is 12.6 Å². The van der Waals surface area contributed by atoms with Gasteiger partial charge in [0.1, 0.15) is 4.60 Å². The Kier molecular flexibility index (Phi) is 4.88. The summed E-state index contributed by atoms with van der Waals surface area (Å²) in [5.74, 6) is 0.776. The molecule has 1 saturated carbocycles. The summed E-state index contributed by atoms with van der Waals surface area (Å²) in [6.45, 7) is 1.85. The quantitative estimate of drug-likeness (QED) is 0.890. The molecule has 0 unspecified atom stereocenters. The smallest absolute Gasteiger partial charge is 0.128 e. The van der Waals surface area contributed by atoms with Crippen molar-refractivity contribution in [1.82, 2.24) is 15.5 Å². The Balaban J connectivity index is 1.67. The van der Waals surface area contributed by atoms with E-state index >= 15 is 0 Å². The van der Waals surface area contributed by atoms with E-state index in [2.05, 4.69) is 31.4 Å². The molecule has 3 N–H and O–H groups in total. The highest BCUT2D eigenvalue weighted by Gasteiger charge is 2.17. The maximum atomic E-state index is 5.89. The molecule has 1 fully saturated rings. The molecule has 0 aromatic carbocycles. The lowest BCUT2D eigenvalue weighted by atomic mass is 9.86. The van der Waals surface area contributed by atoms with Gasteiger partial charge in [-0.1, -0.05) is 0 Å². The van der Waals surface area contributed by atoms with Crippen LogP contribution in [0.4, 0.5) is 0 Å². The summed E-state index contributed by atoms with van der Waals surface area (Å²) in [5.41, 5.74) is 6.87. The fourth-order valence-corrected chi connectivity index (χ4v) is 2.45. The SMILES string of the molecule is N[C@H]1CC[C@H](CNCc2ccc(Br)nn2)CC1. The van der Waals surface area contributed by atoms with E-state index in [9.17, 15) is 0 Å². The first-order valence-corrected chi connectivity index (χ1v) is 6.98. The molecule has 1 aliphatic carbocycles. The molecule has 1 aliphatic rings. The van der Waals surface area contributed by atoms with Crippen molar-refractivity contribution in [3.05, 3.63) is 22.4 Å². The van der Waals surface area contributed by atoms with Gasteiger partial charge in [0.15, 0.2) is 0 Å². The number of nitrogens with one attached hydrogen (secondary N) is 1. The highest BCUT2D eigenvalue weighted by Crippen LogP contribution is 2.22. The van der Waals surface area contributed by atoms with Crippen molar-refractivity contribution < 1.29 is 0 Å². The van der Waals surface area contributed by atoms with Gasteiger partial charge < -0.3 is 11.1 Å². The topological polar surface area (TPSA) is 63.8 Å². The maximum Gasteiger partial charge on any atom is 0.128 e. The molecule has 4 nitrogen and oxygen atoms in total. The number of hydrogen-bond acceptors (Lipinski definition) is 4. The highest BCUT2D eigenvalue weighted by molar-refractivity contribution is 9.10. The van der Waals surface area contributed by atoms with Crippen LogP contribution in [0.3, 0.4) is 0 Å². The Morgan fingerprint density at radius 1 is 1.24 bits per heavy atom.